The van der Waals surface area contributed by atoms with Crippen molar-refractivity contribution in [2.45, 2.75) is 4.90 Å². The lowest BCUT2D eigenvalue weighted by Crippen LogP contribution is -2.01. The Morgan fingerprint density at radius 1 is 1.47 bits per heavy atom. The quantitative estimate of drug-likeness (QED) is 0.785. The van der Waals surface area contributed by atoms with Gasteiger partial charge in [-0.15, -0.1) is 11.8 Å². The van der Waals surface area contributed by atoms with Gasteiger partial charge in [-0.2, -0.15) is 0 Å². The van der Waals surface area contributed by atoms with Crippen molar-refractivity contribution in [3.8, 4) is 5.75 Å². The van der Waals surface area contributed by atoms with Crippen molar-refractivity contribution >= 4 is 11.8 Å². The molecule has 0 amide bonds. The van der Waals surface area contributed by atoms with Crippen molar-refractivity contribution in [1.82, 2.24) is 0 Å². The normalized spacial score (nSPS) is 11.5. The van der Waals surface area contributed by atoms with Gasteiger partial charge in [-0.25, -0.2) is 4.39 Å². The van der Waals surface area contributed by atoms with Gasteiger partial charge in [0, 0.05) is 11.4 Å². The lowest BCUT2D eigenvalue weighted by atomic mass is 10.3. The van der Waals surface area contributed by atoms with Crippen molar-refractivity contribution in [2.24, 2.45) is 5.73 Å². The molecule has 0 aromatic heterocycles. The summed E-state index contributed by atoms with van der Waals surface area (Å²) in [6.07, 6.45) is 3.30. The second kappa shape index (κ2) is 6.48. The van der Waals surface area contributed by atoms with Gasteiger partial charge < -0.3 is 10.5 Å². The number of hydrogen-bond acceptors (Lipinski definition) is 3. The summed E-state index contributed by atoms with van der Waals surface area (Å²) in [6, 6.07) is 7.51. The minimum Gasteiger partial charge on any atom is -0.487 e. The lowest BCUT2D eigenvalue weighted by Gasteiger charge is -2.04. The zero-order chi connectivity index (χ0) is 11.1. The zero-order valence-corrected chi connectivity index (χ0v) is 9.39. The van der Waals surface area contributed by atoms with Crippen LogP contribution in [0.15, 0.2) is 41.1 Å². The highest BCUT2D eigenvalue weighted by molar-refractivity contribution is 7.98. The number of rotatable bonds is 5. The number of benzene rings is 1. The summed E-state index contributed by atoms with van der Waals surface area (Å²) in [6.45, 7) is 0.135. The first-order valence-corrected chi connectivity index (χ1v) is 5.80. The molecule has 4 heteroatoms. The molecule has 0 aliphatic carbocycles. The fourth-order valence-electron chi connectivity index (χ4n) is 1.01. The van der Waals surface area contributed by atoms with Crippen LogP contribution in [0.5, 0.6) is 5.75 Å². The van der Waals surface area contributed by atoms with E-state index in [0.29, 0.717) is 5.75 Å². The van der Waals surface area contributed by atoms with Crippen LogP contribution >= 0.6 is 11.8 Å². The van der Waals surface area contributed by atoms with E-state index in [1.165, 1.54) is 6.08 Å². The first kappa shape index (κ1) is 12.1. The first-order chi connectivity index (χ1) is 7.26. The molecule has 0 saturated carbocycles. The number of thioether (sulfide) groups is 1. The van der Waals surface area contributed by atoms with Gasteiger partial charge in [-0.05, 0) is 36.6 Å². The van der Waals surface area contributed by atoms with Crippen LogP contribution in [0.1, 0.15) is 0 Å². The van der Waals surface area contributed by atoms with Crippen LogP contribution in [-0.4, -0.2) is 19.4 Å². The molecule has 1 aromatic carbocycles. The van der Waals surface area contributed by atoms with Crippen LogP contribution in [0, 0.1) is 0 Å². The molecule has 15 heavy (non-hydrogen) atoms. The van der Waals surface area contributed by atoms with E-state index in [0.717, 1.165) is 4.90 Å². The maximum Gasteiger partial charge on any atom is 0.139 e. The van der Waals surface area contributed by atoms with E-state index in [-0.39, 0.29) is 19.0 Å². The molecule has 82 valence electrons. The number of nitrogens with two attached hydrogens (primary N) is 1. The third kappa shape index (κ3) is 4.36. The van der Waals surface area contributed by atoms with Crippen LogP contribution in [0.3, 0.4) is 0 Å². The molecule has 0 aliphatic heterocycles. The van der Waals surface area contributed by atoms with Gasteiger partial charge in [0.1, 0.15) is 18.2 Å². The zero-order valence-electron chi connectivity index (χ0n) is 8.57. The molecule has 0 radical (unpaired) electrons. The van der Waals surface area contributed by atoms with E-state index in [2.05, 4.69) is 0 Å². The Morgan fingerprint density at radius 3 is 2.67 bits per heavy atom. The van der Waals surface area contributed by atoms with Crippen molar-refractivity contribution in [3.63, 3.8) is 0 Å². The standard InChI is InChI=1S/C11H14FNOS/c1-15-11-4-2-10(3-5-11)14-8-9(12)6-7-13/h2-6H,7-8,13H2,1H3. The molecule has 0 unspecified atom stereocenters. The van der Waals surface area contributed by atoms with Crippen LogP contribution in [0.2, 0.25) is 0 Å². The van der Waals surface area contributed by atoms with Gasteiger partial charge in [-0.1, -0.05) is 0 Å². The van der Waals surface area contributed by atoms with Crippen molar-refractivity contribution in [1.29, 1.82) is 0 Å². The summed E-state index contributed by atoms with van der Waals surface area (Å²) >= 11 is 1.65. The highest BCUT2D eigenvalue weighted by Gasteiger charge is 1.97. The van der Waals surface area contributed by atoms with Gasteiger partial charge in [0.2, 0.25) is 0 Å². The smallest absolute Gasteiger partial charge is 0.139 e. The molecule has 0 fully saturated rings. The van der Waals surface area contributed by atoms with Crippen LogP contribution in [0.4, 0.5) is 4.39 Å². The second-order valence-corrected chi connectivity index (χ2v) is 3.73. The topological polar surface area (TPSA) is 35.2 Å². The molecule has 2 N–H and O–H groups in total. The molecular weight excluding hydrogens is 213 g/mol. The highest BCUT2D eigenvalue weighted by atomic mass is 32.2. The Bertz CT molecular complexity index is 324. The van der Waals surface area contributed by atoms with Crippen molar-refractivity contribution in [2.75, 3.05) is 19.4 Å². The molecule has 0 aliphatic rings. The molecule has 0 bridgehead atoms. The molecule has 0 atom stereocenters. The summed E-state index contributed by atoms with van der Waals surface area (Å²) in [7, 11) is 0. The van der Waals surface area contributed by atoms with Crippen molar-refractivity contribution < 1.29 is 9.13 Å². The minimum atomic E-state index is -0.341. The number of ether oxygens (including phenoxy) is 1. The van der Waals surface area contributed by atoms with Crippen molar-refractivity contribution in [3.05, 3.63) is 36.2 Å². The van der Waals surface area contributed by atoms with E-state index in [4.69, 9.17) is 10.5 Å². The van der Waals surface area contributed by atoms with Gasteiger partial charge in [0.15, 0.2) is 0 Å². The van der Waals surface area contributed by atoms with Gasteiger partial charge in [0.25, 0.3) is 0 Å². The minimum absolute atomic E-state index is 0.0597. The highest BCUT2D eigenvalue weighted by Crippen LogP contribution is 2.19. The third-order valence-electron chi connectivity index (χ3n) is 1.78. The maximum absolute atomic E-state index is 12.9. The van der Waals surface area contributed by atoms with E-state index >= 15 is 0 Å². The van der Waals surface area contributed by atoms with Gasteiger partial charge >= 0.3 is 0 Å². The monoisotopic (exact) mass is 227 g/mol. The Labute approximate surface area is 93.3 Å². The van der Waals surface area contributed by atoms with E-state index < -0.39 is 0 Å². The third-order valence-corrected chi connectivity index (χ3v) is 2.52. The maximum atomic E-state index is 12.9. The predicted molar refractivity (Wildman–Crippen MR) is 62.0 cm³/mol. The average molecular weight is 227 g/mol. The first-order valence-electron chi connectivity index (χ1n) is 4.57. The van der Waals surface area contributed by atoms with Gasteiger partial charge in [-0.3, -0.25) is 0 Å². The molecule has 1 aromatic rings. The fraction of sp³-hybridized carbons (Fsp3) is 0.273. The summed E-state index contributed by atoms with van der Waals surface area (Å²) < 4.78 is 18.1. The Hall–Kier alpha value is -1.00. The number of halogens is 1. The summed E-state index contributed by atoms with van der Waals surface area (Å²) in [5.74, 6) is 0.319. The Balaban J connectivity index is 2.47. The van der Waals surface area contributed by atoms with Crippen LogP contribution in [0.25, 0.3) is 0 Å². The molecule has 0 spiro atoms. The summed E-state index contributed by atoms with van der Waals surface area (Å²) in [5, 5.41) is 0. The molecule has 0 heterocycles. The predicted octanol–water partition coefficient (Wildman–Crippen LogP) is 2.60. The van der Waals surface area contributed by atoms with E-state index in [1.54, 1.807) is 11.8 Å². The molecule has 1 rings (SSSR count). The van der Waals surface area contributed by atoms with E-state index in [1.807, 2.05) is 30.5 Å². The molecular formula is C11H14FNOS. The Morgan fingerprint density at radius 2 is 2.13 bits per heavy atom. The van der Waals surface area contributed by atoms with Crippen LogP contribution < -0.4 is 10.5 Å². The molecule has 2 nitrogen and oxygen atoms in total. The van der Waals surface area contributed by atoms with E-state index in [9.17, 15) is 4.39 Å². The summed E-state index contributed by atoms with van der Waals surface area (Å²) in [4.78, 5) is 1.15. The molecule has 0 saturated heterocycles. The Kier molecular flexibility index (Phi) is 5.21. The second-order valence-electron chi connectivity index (χ2n) is 2.85. The summed E-state index contributed by atoms with van der Waals surface area (Å²) in [5.41, 5.74) is 5.16. The van der Waals surface area contributed by atoms with Gasteiger partial charge in [0.05, 0.1) is 0 Å². The fourth-order valence-corrected chi connectivity index (χ4v) is 1.42. The largest absolute Gasteiger partial charge is 0.487 e. The SMILES string of the molecule is CSc1ccc(OCC(F)=CCN)cc1. The lowest BCUT2D eigenvalue weighted by molar-refractivity contribution is 0.318. The number of hydrogen-bond donors (Lipinski definition) is 1. The average Bonchev–Trinajstić information content (AvgIpc) is 2.27. The van der Waals surface area contributed by atoms with Crippen LogP contribution in [-0.2, 0) is 0 Å².